The lowest BCUT2D eigenvalue weighted by atomic mass is 10.1. The molecule has 0 aliphatic heterocycles. The largest absolute Gasteiger partial charge is 0.507 e. The third-order valence-electron chi connectivity index (χ3n) is 2.96. The van der Waals surface area contributed by atoms with Gasteiger partial charge in [0.15, 0.2) is 11.4 Å². The van der Waals surface area contributed by atoms with Crippen LogP contribution in [-0.4, -0.2) is 10.9 Å². The third kappa shape index (κ3) is 2.64. The van der Waals surface area contributed by atoms with Crippen molar-refractivity contribution in [3.05, 3.63) is 68.7 Å². The van der Waals surface area contributed by atoms with Crippen LogP contribution >= 0.6 is 11.3 Å². The molecule has 5 heteroatoms. The van der Waals surface area contributed by atoms with Gasteiger partial charge in [0, 0.05) is 16.3 Å². The van der Waals surface area contributed by atoms with E-state index in [-0.39, 0.29) is 16.9 Å². The first-order valence-electron chi connectivity index (χ1n) is 6.17. The van der Waals surface area contributed by atoms with Crippen molar-refractivity contribution in [2.45, 2.75) is 0 Å². The van der Waals surface area contributed by atoms with Crippen LogP contribution in [0.25, 0.3) is 17.0 Å². The van der Waals surface area contributed by atoms with Crippen LogP contribution in [0.4, 0.5) is 0 Å². The van der Waals surface area contributed by atoms with E-state index in [9.17, 15) is 14.7 Å². The number of aromatic hydroxyl groups is 1. The standard InChI is InChI=1S/C16H10O4S/c17-12-6-3-10-4-8-14(19)20-16(10)15(12)13(18)7-5-11-2-1-9-21-11/h1-9,17H/b7-5+. The second-order valence-electron chi connectivity index (χ2n) is 4.35. The molecule has 104 valence electrons. The molecule has 4 nitrogen and oxygen atoms in total. The van der Waals surface area contributed by atoms with Gasteiger partial charge in [0.25, 0.3) is 0 Å². The molecule has 0 aliphatic carbocycles. The fraction of sp³-hybridized carbons (Fsp3) is 0. The summed E-state index contributed by atoms with van der Waals surface area (Å²) in [7, 11) is 0. The summed E-state index contributed by atoms with van der Waals surface area (Å²) in [5.74, 6) is -0.626. The van der Waals surface area contributed by atoms with Crippen LogP contribution in [0.2, 0.25) is 0 Å². The maximum absolute atomic E-state index is 12.3. The van der Waals surface area contributed by atoms with Crippen molar-refractivity contribution < 1.29 is 14.3 Å². The van der Waals surface area contributed by atoms with E-state index in [1.807, 2.05) is 17.5 Å². The van der Waals surface area contributed by atoms with E-state index in [1.54, 1.807) is 18.2 Å². The van der Waals surface area contributed by atoms with Gasteiger partial charge in [0.1, 0.15) is 11.3 Å². The van der Waals surface area contributed by atoms with Crippen LogP contribution < -0.4 is 5.63 Å². The molecule has 21 heavy (non-hydrogen) atoms. The molecule has 0 spiro atoms. The Hall–Kier alpha value is -2.66. The molecule has 2 aromatic heterocycles. The Morgan fingerprint density at radius 3 is 2.76 bits per heavy atom. The summed E-state index contributed by atoms with van der Waals surface area (Å²) in [6, 6.07) is 9.58. The van der Waals surface area contributed by atoms with Crippen LogP contribution in [0.1, 0.15) is 15.2 Å². The van der Waals surface area contributed by atoms with Crippen molar-refractivity contribution in [3.63, 3.8) is 0 Å². The second-order valence-corrected chi connectivity index (χ2v) is 5.32. The zero-order valence-corrected chi connectivity index (χ0v) is 11.6. The Morgan fingerprint density at radius 2 is 2.00 bits per heavy atom. The summed E-state index contributed by atoms with van der Waals surface area (Å²) in [6.45, 7) is 0. The van der Waals surface area contributed by atoms with Crippen molar-refractivity contribution >= 4 is 34.2 Å². The summed E-state index contributed by atoms with van der Waals surface area (Å²) in [5, 5.41) is 12.4. The quantitative estimate of drug-likeness (QED) is 0.457. The second kappa shape index (κ2) is 5.38. The summed E-state index contributed by atoms with van der Waals surface area (Å²) in [5.41, 5.74) is -0.467. The van der Waals surface area contributed by atoms with E-state index in [1.165, 1.54) is 29.5 Å². The molecule has 0 atom stereocenters. The van der Waals surface area contributed by atoms with Gasteiger partial charge < -0.3 is 9.52 Å². The van der Waals surface area contributed by atoms with Crippen LogP contribution in [0.3, 0.4) is 0 Å². The highest BCUT2D eigenvalue weighted by Crippen LogP contribution is 2.27. The van der Waals surface area contributed by atoms with Gasteiger partial charge in [-0.25, -0.2) is 4.79 Å². The Bertz CT molecular complexity index is 888. The molecular formula is C16H10O4S. The minimum atomic E-state index is -0.565. The molecular weight excluding hydrogens is 288 g/mol. The van der Waals surface area contributed by atoms with Crippen molar-refractivity contribution in [2.75, 3.05) is 0 Å². The van der Waals surface area contributed by atoms with Gasteiger partial charge in [-0.05, 0) is 41.8 Å². The van der Waals surface area contributed by atoms with Crippen molar-refractivity contribution in [1.29, 1.82) is 0 Å². The van der Waals surface area contributed by atoms with E-state index in [4.69, 9.17) is 4.42 Å². The van der Waals surface area contributed by atoms with Gasteiger partial charge in [0.2, 0.25) is 0 Å². The zero-order valence-electron chi connectivity index (χ0n) is 10.8. The van der Waals surface area contributed by atoms with Gasteiger partial charge in [-0.15, -0.1) is 11.3 Å². The van der Waals surface area contributed by atoms with Crippen LogP contribution in [0.5, 0.6) is 5.75 Å². The van der Waals surface area contributed by atoms with Crippen LogP contribution in [-0.2, 0) is 0 Å². The fourth-order valence-electron chi connectivity index (χ4n) is 1.99. The van der Waals surface area contributed by atoms with Gasteiger partial charge in [-0.3, -0.25) is 4.79 Å². The lowest BCUT2D eigenvalue weighted by molar-refractivity contribution is 0.104. The molecule has 0 fully saturated rings. The maximum Gasteiger partial charge on any atom is 0.336 e. The Kier molecular flexibility index (Phi) is 3.41. The van der Waals surface area contributed by atoms with Crippen molar-refractivity contribution in [2.24, 2.45) is 0 Å². The third-order valence-corrected chi connectivity index (χ3v) is 3.79. The number of allylic oxidation sites excluding steroid dienone is 1. The highest BCUT2D eigenvalue weighted by atomic mass is 32.1. The summed E-state index contributed by atoms with van der Waals surface area (Å²) in [4.78, 5) is 24.5. The molecule has 0 bridgehead atoms. The summed E-state index contributed by atoms with van der Waals surface area (Å²) in [6.07, 6.45) is 3.01. The Balaban J connectivity index is 2.10. The number of carbonyl (C=O) groups is 1. The molecule has 0 amide bonds. The Morgan fingerprint density at radius 1 is 1.19 bits per heavy atom. The molecule has 2 heterocycles. The highest BCUT2D eigenvalue weighted by molar-refractivity contribution is 7.10. The maximum atomic E-state index is 12.3. The SMILES string of the molecule is O=C(/C=C/c1cccs1)c1c(O)ccc2ccc(=O)oc12. The number of hydrogen-bond acceptors (Lipinski definition) is 5. The minimum absolute atomic E-state index is 0.00185. The summed E-state index contributed by atoms with van der Waals surface area (Å²) >= 11 is 1.50. The molecule has 0 unspecified atom stereocenters. The zero-order chi connectivity index (χ0) is 14.8. The van der Waals surface area contributed by atoms with E-state index < -0.39 is 11.4 Å². The normalized spacial score (nSPS) is 11.2. The van der Waals surface area contributed by atoms with E-state index in [0.29, 0.717) is 5.39 Å². The van der Waals surface area contributed by atoms with Gasteiger partial charge >= 0.3 is 5.63 Å². The number of carbonyl (C=O) groups excluding carboxylic acids is 1. The van der Waals surface area contributed by atoms with Gasteiger partial charge in [0.05, 0.1) is 0 Å². The first kappa shape index (κ1) is 13.3. The van der Waals surface area contributed by atoms with E-state index >= 15 is 0 Å². The smallest absolute Gasteiger partial charge is 0.336 e. The average Bonchev–Trinajstić information content (AvgIpc) is 2.98. The molecule has 0 radical (unpaired) electrons. The van der Waals surface area contributed by atoms with Crippen LogP contribution in [0, 0.1) is 0 Å². The minimum Gasteiger partial charge on any atom is -0.507 e. The predicted octanol–water partition coefficient (Wildman–Crippen LogP) is 3.46. The number of rotatable bonds is 3. The number of benzene rings is 1. The monoisotopic (exact) mass is 298 g/mol. The van der Waals surface area contributed by atoms with Crippen molar-refractivity contribution in [3.8, 4) is 5.75 Å². The first-order chi connectivity index (χ1) is 10.1. The van der Waals surface area contributed by atoms with E-state index in [0.717, 1.165) is 4.88 Å². The lowest BCUT2D eigenvalue weighted by Crippen LogP contribution is -2.01. The number of phenols is 1. The van der Waals surface area contributed by atoms with E-state index in [2.05, 4.69) is 0 Å². The summed E-state index contributed by atoms with van der Waals surface area (Å²) < 4.78 is 5.06. The molecule has 3 aromatic rings. The predicted molar refractivity (Wildman–Crippen MR) is 81.8 cm³/mol. The van der Waals surface area contributed by atoms with Gasteiger partial charge in [-0.1, -0.05) is 6.07 Å². The number of ketones is 1. The van der Waals surface area contributed by atoms with Crippen LogP contribution in [0.15, 0.2) is 57.1 Å². The highest BCUT2D eigenvalue weighted by Gasteiger charge is 2.15. The molecule has 0 aliphatic rings. The molecule has 0 saturated heterocycles. The number of hydrogen-bond donors (Lipinski definition) is 1. The lowest BCUT2D eigenvalue weighted by Gasteiger charge is -2.04. The molecule has 0 saturated carbocycles. The number of thiophene rings is 1. The van der Waals surface area contributed by atoms with Crippen molar-refractivity contribution in [1.82, 2.24) is 0 Å². The topological polar surface area (TPSA) is 67.5 Å². The van der Waals surface area contributed by atoms with Gasteiger partial charge in [-0.2, -0.15) is 0 Å². The number of phenolic OH excluding ortho intramolecular Hbond substituents is 1. The fourth-order valence-corrected chi connectivity index (χ4v) is 2.61. The molecule has 1 aromatic carbocycles. The number of fused-ring (bicyclic) bond motifs is 1. The first-order valence-corrected chi connectivity index (χ1v) is 7.05. The molecule has 1 N–H and O–H groups in total. The Labute approximate surface area is 123 Å². The average molecular weight is 298 g/mol. The molecule has 3 rings (SSSR count).